The fourth-order valence-electron chi connectivity index (χ4n) is 4.65. The first kappa shape index (κ1) is 28.6. The molecule has 0 radical (unpaired) electrons. The van der Waals surface area contributed by atoms with Crippen molar-refractivity contribution in [3.8, 4) is 5.75 Å². The molecule has 3 rings (SSSR count). The number of aromatic nitrogens is 1. The van der Waals surface area contributed by atoms with E-state index in [2.05, 4.69) is 9.88 Å². The summed E-state index contributed by atoms with van der Waals surface area (Å²) in [5.74, 6) is -0.608. The minimum Gasteiger partial charge on any atom is -0.497 e. The summed E-state index contributed by atoms with van der Waals surface area (Å²) < 4.78 is 32.8. The zero-order chi connectivity index (χ0) is 27.1. The summed E-state index contributed by atoms with van der Waals surface area (Å²) in [6.45, 7) is 2.05. The number of ether oxygens (including phenoxy) is 1. The van der Waals surface area contributed by atoms with Gasteiger partial charge in [0.15, 0.2) is 0 Å². The molecule has 1 aromatic heterocycles. The number of rotatable bonds is 10. The van der Waals surface area contributed by atoms with Gasteiger partial charge < -0.3 is 19.4 Å². The molecule has 0 saturated carbocycles. The van der Waals surface area contributed by atoms with Gasteiger partial charge in [-0.2, -0.15) is 0 Å². The number of halogens is 3. The summed E-state index contributed by atoms with van der Waals surface area (Å²) >= 11 is 6.27. The third-order valence-electron chi connectivity index (χ3n) is 6.86. The van der Waals surface area contributed by atoms with E-state index < -0.39 is 18.3 Å². The number of likely N-dealkylation sites (N-methyl/N-ethyl adjacent to an activating group) is 1. The Hall–Kier alpha value is -2.94. The Morgan fingerprint density at radius 3 is 2.46 bits per heavy atom. The summed E-state index contributed by atoms with van der Waals surface area (Å²) in [6, 6.07) is 9.84. The molecule has 1 fully saturated rings. The van der Waals surface area contributed by atoms with Crippen LogP contribution >= 0.6 is 11.6 Å². The molecule has 37 heavy (non-hydrogen) atoms. The van der Waals surface area contributed by atoms with E-state index in [9.17, 15) is 18.4 Å². The zero-order valence-electron chi connectivity index (χ0n) is 21.8. The molecule has 0 aliphatic carbocycles. The number of nitrogens with zero attached hydrogens (tertiary/aromatic N) is 4. The van der Waals surface area contributed by atoms with E-state index in [4.69, 9.17) is 16.3 Å². The molecule has 1 aliphatic heterocycles. The van der Waals surface area contributed by atoms with Crippen molar-refractivity contribution in [2.75, 3.05) is 52.8 Å². The van der Waals surface area contributed by atoms with E-state index in [1.54, 1.807) is 39.3 Å². The quantitative estimate of drug-likeness (QED) is 0.402. The van der Waals surface area contributed by atoms with Crippen molar-refractivity contribution >= 4 is 29.2 Å². The van der Waals surface area contributed by atoms with Crippen molar-refractivity contribution in [3.05, 3.63) is 52.7 Å². The Labute approximate surface area is 222 Å². The molecule has 2 amide bonds. The highest BCUT2D eigenvalue weighted by Gasteiger charge is 2.33. The number of piperidine rings is 1. The molecule has 0 bridgehead atoms. The highest BCUT2D eigenvalue weighted by molar-refractivity contribution is 6.32. The lowest BCUT2D eigenvalue weighted by Crippen LogP contribution is -2.36. The van der Waals surface area contributed by atoms with Gasteiger partial charge in [-0.15, -0.1) is 0 Å². The van der Waals surface area contributed by atoms with Crippen LogP contribution in [0.1, 0.15) is 47.5 Å². The molecule has 1 aliphatic rings. The number of anilines is 1. The molecule has 2 aromatic rings. The maximum absolute atomic E-state index is 13.8. The van der Waals surface area contributed by atoms with Crippen LogP contribution in [-0.2, 0) is 4.79 Å². The van der Waals surface area contributed by atoms with Crippen LogP contribution in [0, 0.1) is 5.92 Å². The van der Waals surface area contributed by atoms with Gasteiger partial charge in [0.05, 0.1) is 12.7 Å². The van der Waals surface area contributed by atoms with Gasteiger partial charge in [0.2, 0.25) is 5.91 Å². The average molecular weight is 537 g/mol. The van der Waals surface area contributed by atoms with E-state index in [1.807, 2.05) is 6.07 Å². The Kier molecular flexibility index (Phi) is 10.1. The predicted octanol–water partition coefficient (Wildman–Crippen LogP) is 4.95. The standard InChI is InChI=1S/C27H35ClF2N4O3/c1-32(2)26(35)21-10-11-22(31-24(21)28)34-15-12-18(13-16-34)7-6-14-33(3)27(36)23(25(29)30)19-8-5-9-20(17-19)37-4/h5,8-11,17-18,23,25H,6-7,12-16H2,1-4H3. The molecule has 2 heterocycles. The smallest absolute Gasteiger partial charge is 0.256 e. The summed E-state index contributed by atoms with van der Waals surface area (Å²) in [7, 11) is 6.39. The van der Waals surface area contributed by atoms with Crippen LogP contribution in [0.15, 0.2) is 36.4 Å². The maximum atomic E-state index is 13.8. The molecule has 10 heteroatoms. The number of amides is 2. The second kappa shape index (κ2) is 13.0. The molecule has 0 N–H and O–H groups in total. The molecular weight excluding hydrogens is 502 g/mol. The Morgan fingerprint density at radius 2 is 1.86 bits per heavy atom. The molecule has 0 spiro atoms. The summed E-state index contributed by atoms with van der Waals surface area (Å²) in [4.78, 5) is 34.5. The third kappa shape index (κ3) is 7.31. The number of pyridine rings is 1. The lowest BCUT2D eigenvalue weighted by molar-refractivity contribution is -0.135. The number of hydrogen-bond acceptors (Lipinski definition) is 5. The van der Waals surface area contributed by atoms with Crippen LogP contribution in [0.2, 0.25) is 5.15 Å². The van der Waals surface area contributed by atoms with Crippen LogP contribution in [0.5, 0.6) is 5.75 Å². The highest BCUT2D eigenvalue weighted by atomic mass is 35.5. The first-order valence-corrected chi connectivity index (χ1v) is 12.8. The van der Waals surface area contributed by atoms with Gasteiger partial charge in [0.1, 0.15) is 22.6 Å². The van der Waals surface area contributed by atoms with E-state index in [0.29, 0.717) is 23.8 Å². The van der Waals surface area contributed by atoms with E-state index in [1.165, 1.54) is 29.0 Å². The van der Waals surface area contributed by atoms with E-state index in [-0.39, 0.29) is 16.6 Å². The van der Waals surface area contributed by atoms with Crippen LogP contribution in [0.3, 0.4) is 0 Å². The van der Waals surface area contributed by atoms with Crippen molar-refractivity contribution in [1.82, 2.24) is 14.8 Å². The number of carbonyl (C=O) groups is 2. The van der Waals surface area contributed by atoms with Gasteiger partial charge in [-0.05, 0) is 61.4 Å². The van der Waals surface area contributed by atoms with Crippen molar-refractivity contribution in [2.24, 2.45) is 5.92 Å². The van der Waals surface area contributed by atoms with Crippen molar-refractivity contribution in [3.63, 3.8) is 0 Å². The minimum atomic E-state index is -2.80. The number of carbonyl (C=O) groups excluding carboxylic acids is 2. The van der Waals surface area contributed by atoms with Gasteiger partial charge in [0, 0.05) is 40.8 Å². The van der Waals surface area contributed by atoms with Crippen LogP contribution < -0.4 is 9.64 Å². The molecule has 1 atom stereocenters. The predicted molar refractivity (Wildman–Crippen MR) is 141 cm³/mol. The van der Waals surface area contributed by atoms with Gasteiger partial charge in [-0.3, -0.25) is 9.59 Å². The Morgan fingerprint density at radius 1 is 1.16 bits per heavy atom. The van der Waals surface area contributed by atoms with Crippen molar-refractivity contribution in [2.45, 2.75) is 38.0 Å². The lowest BCUT2D eigenvalue weighted by atomic mass is 9.92. The van der Waals surface area contributed by atoms with E-state index in [0.717, 1.165) is 44.6 Å². The second-order valence-corrected chi connectivity index (χ2v) is 9.99. The third-order valence-corrected chi connectivity index (χ3v) is 7.15. The van der Waals surface area contributed by atoms with Crippen LogP contribution in [0.4, 0.5) is 14.6 Å². The molecule has 7 nitrogen and oxygen atoms in total. The van der Waals surface area contributed by atoms with E-state index >= 15 is 0 Å². The minimum absolute atomic E-state index is 0.186. The number of methoxy groups -OCH3 is 1. The van der Waals surface area contributed by atoms with Crippen molar-refractivity contribution < 1.29 is 23.1 Å². The molecule has 202 valence electrons. The van der Waals surface area contributed by atoms with Gasteiger partial charge in [0.25, 0.3) is 12.3 Å². The normalized spacial score (nSPS) is 15.0. The highest BCUT2D eigenvalue weighted by Crippen LogP contribution is 2.30. The summed E-state index contributed by atoms with van der Waals surface area (Å²) in [5.41, 5.74) is 0.635. The van der Waals surface area contributed by atoms with Crippen LogP contribution in [0.25, 0.3) is 0 Å². The second-order valence-electron chi connectivity index (χ2n) is 9.63. The summed E-state index contributed by atoms with van der Waals surface area (Å²) in [5, 5.41) is 0.196. The fraction of sp³-hybridized carbons (Fsp3) is 0.519. The molecule has 1 unspecified atom stereocenters. The topological polar surface area (TPSA) is 66.0 Å². The van der Waals surface area contributed by atoms with Crippen molar-refractivity contribution in [1.29, 1.82) is 0 Å². The molecule has 1 saturated heterocycles. The first-order valence-electron chi connectivity index (χ1n) is 12.4. The fourth-order valence-corrected chi connectivity index (χ4v) is 4.88. The molecule has 1 aromatic carbocycles. The van der Waals surface area contributed by atoms with Crippen LogP contribution in [-0.4, -0.2) is 80.9 Å². The number of benzene rings is 1. The monoisotopic (exact) mass is 536 g/mol. The number of alkyl halides is 2. The zero-order valence-corrected chi connectivity index (χ0v) is 22.5. The SMILES string of the molecule is COc1cccc(C(C(=O)N(C)CCCC2CCN(c3ccc(C(=O)N(C)C)c(Cl)n3)CC2)C(F)F)c1. The first-order chi connectivity index (χ1) is 17.6. The van der Waals surface area contributed by atoms with Gasteiger partial charge >= 0.3 is 0 Å². The Bertz CT molecular complexity index is 1080. The largest absolute Gasteiger partial charge is 0.497 e. The average Bonchev–Trinajstić information content (AvgIpc) is 2.88. The lowest BCUT2D eigenvalue weighted by Gasteiger charge is -2.33. The van der Waals surface area contributed by atoms with Gasteiger partial charge in [-0.25, -0.2) is 13.8 Å². The number of hydrogen-bond donors (Lipinski definition) is 0. The Balaban J connectivity index is 1.48. The maximum Gasteiger partial charge on any atom is 0.256 e. The molecular formula is C27H35ClF2N4O3. The summed E-state index contributed by atoms with van der Waals surface area (Å²) in [6.07, 6.45) is 0.766. The van der Waals surface area contributed by atoms with Gasteiger partial charge in [-0.1, -0.05) is 23.7 Å².